The molecule has 2 amide bonds. The zero-order valence-electron chi connectivity index (χ0n) is 12.8. The van der Waals surface area contributed by atoms with Crippen molar-refractivity contribution in [2.75, 3.05) is 7.11 Å². The molecule has 0 spiro atoms. The Balaban J connectivity index is 2.58. The largest absolute Gasteiger partial charge is 0.467 e. The van der Waals surface area contributed by atoms with Crippen molar-refractivity contribution in [2.45, 2.75) is 32.2 Å². The van der Waals surface area contributed by atoms with Gasteiger partial charge < -0.3 is 4.74 Å². The van der Waals surface area contributed by atoms with Crippen LogP contribution in [0.5, 0.6) is 0 Å². The van der Waals surface area contributed by atoms with Gasteiger partial charge in [-0.25, -0.2) is 4.79 Å². The highest BCUT2D eigenvalue weighted by Gasteiger charge is 2.46. The molecule has 0 fully saturated rings. The number of fused-ring (bicyclic) bond motifs is 1. The molecule has 0 radical (unpaired) electrons. The molecule has 0 unspecified atom stereocenters. The monoisotopic (exact) mass is 411 g/mol. The summed E-state index contributed by atoms with van der Waals surface area (Å²) in [6.07, 6.45) is 1.66. The van der Waals surface area contributed by atoms with Crippen LogP contribution in [0.4, 0.5) is 0 Å². The standard InChI is InChI=1S/C15H13Cl4NO4/c1-3-4-5-6(15(23)24-2)20-13(21)7-8(14(20)22)10(17)12(19)11(18)9(7)16/h6H,3-5H2,1-2H3/t6-/m0/s1. The zero-order chi connectivity index (χ0) is 18.2. The van der Waals surface area contributed by atoms with Gasteiger partial charge in [-0.3, -0.25) is 14.5 Å². The highest BCUT2D eigenvalue weighted by atomic mass is 35.5. The Morgan fingerprint density at radius 1 is 1.00 bits per heavy atom. The van der Waals surface area contributed by atoms with Crippen LogP contribution >= 0.6 is 46.4 Å². The number of esters is 1. The second-order valence-electron chi connectivity index (χ2n) is 5.17. The van der Waals surface area contributed by atoms with E-state index in [4.69, 9.17) is 51.1 Å². The van der Waals surface area contributed by atoms with Gasteiger partial charge in [-0.05, 0) is 6.42 Å². The number of carbonyl (C=O) groups excluding carboxylic acids is 3. The van der Waals surface area contributed by atoms with Crippen molar-refractivity contribution in [3.63, 3.8) is 0 Å². The van der Waals surface area contributed by atoms with Crippen molar-refractivity contribution in [1.82, 2.24) is 4.90 Å². The van der Waals surface area contributed by atoms with Crippen LogP contribution in [0.1, 0.15) is 46.9 Å². The second-order valence-corrected chi connectivity index (χ2v) is 6.68. The van der Waals surface area contributed by atoms with E-state index in [1.165, 1.54) is 7.11 Å². The van der Waals surface area contributed by atoms with Crippen LogP contribution in [0.3, 0.4) is 0 Å². The molecule has 1 aliphatic heterocycles. The molecule has 1 aromatic rings. The van der Waals surface area contributed by atoms with Crippen molar-refractivity contribution >= 4 is 64.2 Å². The summed E-state index contributed by atoms with van der Waals surface area (Å²) in [5, 5.41) is -0.566. The Labute approximate surface area is 158 Å². The third-order valence-corrected chi connectivity index (χ3v) is 5.55. The average molecular weight is 413 g/mol. The molecule has 1 aliphatic rings. The summed E-state index contributed by atoms with van der Waals surface area (Å²) >= 11 is 24.1. The lowest BCUT2D eigenvalue weighted by Crippen LogP contribution is -2.45. The lowest BCUT2D eigenvalue weighted by molar-refractivity contribution is -0.145. The Morgan fingerprint density at radius 3 is 1.83 bits per heavy atom. The molecule has 1 heterocycles. The summed E-state index contributed by atoms with van der Waals surface area (Å²) in [7, 11) is 1.19. The van der Waals surface area contributed by atoms with Crippen molar-refractivity contribution in [2.24, 2.45) is 0 Å². The van der Waals surface area contributed by atoms with E-state index < -0.39 is 23.8 Å². The fourth-order valence-electron chi connectivity index (χ4n) is 2.54. The van der Waals surface area contributed by atoms with Crippen molar-refractivity contribution in [3.05, 3.63) is 31.2 Å². The Kier molecular flexibility index (Phi) is 6.02. The van der Waals surface area contributed by atoms with Crippen LogP contribution in [0.2, 0.25) is 20.1 Å². The van der Waals surface area contributed by atoms with Gasteiger partial charge in [0.05, 0.1) is 38.3 Å². The first kappa shape index (κ1) is 19.3. The van der Waals surface area contributed by atoms with Crippen molar-refractivity contribution in [1.29, 1.82) is 0 Å². The summed E-state index contributed by atoms with van der Waals surface area (Å²) in [6.45, 7) is 1.92. The lowest BCUT2D eigenvalue weighted by Gasteiger charge is -2.23. The van der Waals surface area contributed by atoms with Gasteiger partial charge >= 0.3 is 5.97 Å². The SMILES string of the molecule is CCCC[C@@H](C(=O)OC)N1C(=O)c2c(Cl)c(Cl)c(Cl)c(Cl)c2C1=O. The molecule has 0 saturated carbocycles. The highest BCUT2D eigenvalue weighted by Crippen LogP contribution is 2.45. The van der Waals surface area contributed by atoms with Crippen LogP contribution in [-0.4, -0.2) is 35.8 Å². The number of halogens is 4. The van der Waals surface area contributed by atoms with Gasteiger partial charge in [0.15, 0.2) is 0 Å². The number of imide groups is 1. The third-order valence-electron chi connectivity index (χ3n) is 3.75. The average Bonchev–Trinajstić information content (AvgIpc) is 2.82. The number of unbranched alkanes of at least 4 members (excludes halogenated alkanes) is 1. The van der Waals surface area contributed by atoms with Gasteiger partial charge in [-0.1, -0.05) is 66.2 Å². The van der Waals surface area contributed by atoms with Crippen LogP contribution < -0.4 is 0 Å². The molecule has 2 rings (SSSR count). The quantitative estimate of drug-likeness (QED) is 0.306. The first-order valence-corrected chi connectivity index (χ1v) is 8.60. The smallest absolute Gasteiger partial charge is 0.329 e. The molecule has 1 atom stereocenters. The van der Waals surface area contributed by atoms with Crippen molar-refractivity contribution < 1.29 is 19.1 Å². The van der Waals surface area contributed by atoms with E-state index in [1.54, 1.807) is 0 Å². The maximum absolute atomic E-state index is 12.7. The maximum Gasteiger partial charge on any atom is 0.329 e. The van der Waals surface area contributed by atoms with E-state index in [0.717, 1.165) is 11.3 Å². The summed E-state index contributed by atoms with van der Waals surface area (Å²) in [5.41, 5.74) is -0.294. The van der Waals surface area contributed by atoms with Crippen LogP contribution in [0.15, 0.2) is 0 Å². The first-order valence-electron chi connectivity index (χ1n) is 7.09. The fraction of sp³-hybridized carbons (Fsp3) is 0.400. The highest BCUT2D eigenvalue weighted by molar-refractivity contribution is 6.55. The summed E-state index contributed by atoms with van der Waals surface area (Å²) in [6, 6.07) is -1.06. The predicted octanol–water partition coefficient (Wildman–Crippen LogP) is 4.63. The molecule has 1 aromatic carbocycles. The normalized spacial score (nSPS) is 14.8. The number of amides is 2. The number of nitrogens with zero attached hydrogens (tertiary/aromatic N) is 1. The number of hydrogen-bond donors (Lipinski definition) is 0. The van der Waals surface area contributed by atoms with Gasteiger partial charge in [0, 0.05) is 0 Å². The number of rotatable bonds is 5. The van der Waals surface area contributed by atoms with E-state index in [9.17, 15) is 14.4 Å². The Morgan fingerprint density at radius 2 is 1.46 bits per heavy atom. The van der Waals surface area contributed by atoms with Gasteiger partial charge in [0.1, 0.15) is 6.04 Å². The summed E-state index contributed by atoms with van der Waals surface area (Å²) < 4.78 is 4.72. The minimum Gasteiger partial charge on any atom is -0.467 e. The van der Waals surface area contributed by atoms with Crippen LogP contribution in [-0.2, 0) is 9.53 Å². The first-order chi connectivity index (χ1) is 11.3. The fourth-order valence-corrected chi connectivity index (χ4v) is 3.55. The second kappa shape index (κ2) is 7.48. The number of benzene rings is 1. The van der Waals surface area contributed by atoms with Gasteiger partial charge in [0.25, 0.3) is 11.8 Å². The molecule has 0 bridgehead atoms. The Bertz CT molecular complexity index is 688. The third kappa shape index (κ3) is 2.99. The molecule has 24 heavy (non-hydrogen) atoms. The number of hydrogen-bond acceptors (Lipinski definition) is 4. The van der Waals surface area contributed by atoms with Gasteiger partial charge in [-0.15, -0.1) is 0 Å². The van der Waals surface area contributed by atoms with E-state index >= 15 is 0 Å². The molecular formula is C15H13Cl4NO4. The van der Waals surface area contributed by atoms with E-state index in [0.29, 0.717) is 6.42 Å². The predicted molar refractivity (Wildman–Crippen MR) is 92.3 cm³/mol. The lowest BCUT2D eigenvalue weighted by atomic mass is 10.1. The molecule has 0 aliphatic carbocycles. The zero-order valence-corrected chi connectivity index (χ0v) is 15.8. The minimum atomic E-state index is -1.06. The van der Waals surface area contributed by atoms with E-state index in [-0.39, 0.29) is 37.6 Å². The molecule has 130 valence electrons. The number of methoxy groups -OCH3 is 1. The van der Waals surface area contributed by atoms with Crippen LogP contribution in [0, 0.1) is 0 Å². The molecule has 0 saturated heterocycles. The summed E-state index contributed by atoms with van der Waals surface area (Å²) in [5.74, 6) is -2.18. The van der Waals surface area contributed by atoms with Gasteiger partial charge in [0.2, 0.25) is 0 Å². The topological polar surface area (TPSA) is 63.7 Å². The number of carbonyl (C=O) groups is 3. The minimum absolute atomic E-state index is 0.117. The Hall–Kier alpha value is -1.01. The molecule has 5 nitrogen and oxygen atoms in total. The van der Waals surface area contributed by atoms with Crippen LogP contribution in [0.25, 0.3) is 0 Å². The molecule has 9 heteroatoms. The van der Waals surface area contributed by atoms with E-state index in [1.807, 2.05) is 6.92 Å². The molecular weight excluding hydrogens is 400 g/mol. The molecule has 0 aromatic heterocycles. The summed E-state index contributed by atoms with van der Waals surface area (Å²) in [4.78, 5) is 38.3. The molecule has 0 N–H and O–H groups in total. The van der Waals surface area contributed by atoms with Gasteiger partial charge in [-0.2, -0.15) is 0 Å². The van der Waals surface area contributed by atoms with E-state index in [2.05, 4.69) is 0 Å². The number of ether oxygens (including phenoxy) is 1. The maximum atomic E-state index is 12.7. The van der Waals surface area contributed by atoms with Crippen molar-refractivity contribution in [3.8, 4) is 0 Å².